The number of ether oxygens (including phenoxy) is 2. The fourth-order valence-corrected chi connectivity index (χ4v) is 2.34. The van der Waals surface area contributed by atoms with Gasteiger partial charge in [0.2, 0.25) is 0 Å². The maximum absolute atomic E-state index is 5.88. The van der Waals surface area contributed by atoms with Crippen molar-refractivity contribution in [1.29, 1.82) is 0 Å². The third-order valence-corrected chi connectivity index (χ3v) is 3.26. The maximum Gasteiger partial charge on any atom is 0.137 e. The van der Waals surface area contributed by atoms with Crippen molar-refractivity contribution in [3.63, 3.8) is 0 Å². The molecule has 0 spiro atoms. The Morgan fingerprint density at radius 3 is 3.05 bits per heavy atom. The zero-order valence-electron chi connectivity index (χ0n) is 11.6. The first-order valence-corrected chi connectivity index (χ1v) is 6.93. The minimum Gasteiger partial charge on any atom is -0.492 e. The van der Waals surface area contributed by atoms with Crippen LogP contribution in [0.1, 0.15) is 12.5 Å². The van der Waals surface area contributed by atoms with Gasteiger partial charge in [-0.25, -0.2) is 0 Å². The Balaban J connectivity index is 1.97. The highest BCUT2D eigenvalue weighted by atomic mass is 16.5. The first-order valence-electron chi connectivity index (χ1n) is 6.93. The van der Waals surface area contributed by atoms with E-state index in [9.17, 15) is 0 Å². The average Bonchev–Trinajstić information content (AvgIpc) is 2.73. The smallest absolute Gasteiger partial charge is 0.137 e. The van der Waals surface area contributed by atoms with Crippen LogP contribution in [-0.4, -0.2) is 24.7 Å². The van der Waals surface area contributed by atoms with E-state index in [0.717, 1.165) is 35.8 Å². The second kappa shape index (κ2) is 5.92. The van der Waals surface area contributed by atoms with Crippen LogP contribution in [0.2, 0.25) is 0 Å². The van der Waals surface area contributed by atoms with Crippen molar-refractivity contribution in [2.24, 2.45) is 0 Å². The Bertz CT molecular complexity index is 582. The number of hydrogen-bond acceptors (Lipinski definition) is 4. The number of aromatic nitrogens is 1. The van der Waals surface area contributed by atoms with Gasteiger partial charge in [0.1, 0.15) is 18.1 Å². The van der Waals surface area contributed by atoms with Crippen LogP contribution in [0.3, 0.4) is 0 Å². The molecule has 1 aliphatic heterocycles. The molecule has 1 aromatic carbocycles. The van der Waals surface area contributed by atoms with Crippen molar-refractivity contribution >= 4 is 0 Å². The first kappa shape index (κ1) is 12.9. The van der Waals surface area contributed by atoms with Crippen molar-refractivity contribution in [3.8, 4) is 22.8 Å². The van der Waals surface area contributed by atoms with E-state index in [2.05, 4.69) is 16.4 Å². The van der Waals surface area contributed by atoms with Crippen LogP contribution >= 0.6 is 0 Å². The van der Waals surface area contributed by atoms with Gasteiger partial charge < -0.3 is 14.8 Å². The summed E-state index contributed by atoms with van der Waals surface area (Å²) in [4.78, 5) is 4.48. The molecule has 0 unspecified atom stereocenters. The summed E-state index contributed by atoms with van der Waals surface area (Å²) in [5, 5.41) is 3.34. The van der Waals surface area contributed by atoms with Crippen LogP contribution in [0.5, 0.6) is 11.5 Å². The molecule has 104 valence electrons. The fraction of sp³-hybridized carbons (Fsp3) is 0.312. The molecular formula is C16H18N2O2. The van der Waals surface area contributed by atoms with Crippen molar-refractivity contribution in [2.75, 3.05) is 19.8 Å². The summed E-state index contributed by atoms with van der Waals surface area (Å²) in [6.45, 7) is 4.99. The summed E-state index contributed by atoms with van der Waals surface area (Å²) in [5.74, 6) is 1.73. The van der Waals surface area contributed by atoms with Gasteiger partial charge in [-0.1, -0.05) is 12.1 Å². The number of rotatable bonds is 3. The van der Waals surface area contributed by atoms with E-state index in [0.29, 0.717) is 13.2 Å². The number of hydrogen-bond donors (Lipinski definition) is 1. The van der Waals surface area contributed by atoms with E-state index in [1.807, 2.05) is 31.2 Å². The van der Waals surface area contributed by atoms with E-state index >= 15 is 0 Å². The van der Waals surface area contributed by atoms with Gasteiger partial charge in [-0.2, -0.15) is 0 Å². The molecule has 0 saturated carbocycles. The molecule has 1 aromatic heterocycles. The lowest BCUT2D eigenvalue weighted by Crippen LogP contribution is -2.16. The van der Waals surface area contributed by atoms with Gasteiger partial charge in [0, 0.05) is 24.2 Å². The topological polar surface area (TPSA) is 43.4 Å². The Hall–Kier alpha value is -2.07. The average molecular weight is 270 g/mol. The molecule has 1 N–H and O–H groups in total. The third-order valence-electron chi connectivity index (χ3n) is 3.26. The summed E-state index contributed by atoms with van der Waals surface area (Å²) in [7, 11) is 0. The highest BCUT2D eigenvalue weighted by Gasteiger charge is 2.14. The second-order valence-corrected chi connectivity index (χ2v) is 4.63. The molecule has 4 nitrogen and oxygen atoms in total. The molecule has 0 atom stereocenters. The Kier molecular flexibility index (Phi) is 3.83. The van der Waals surface area contributed by atoms with Gasteiger partial charge in [-0.15, -0.1) is 0 Å². The third kappa shape index (κ3) is 2.60. The second-order valence-electron chi connectivity index (χ2n) is 4.63. The lowest BCUT2D eigenvalue weighted by Gasteiger charge is -2.12. The quantitative estimate of drug-likeness (QED) is 0.931. The van der Waals surface area contributed by atoms with Gasteiger partial charge in [-0.05, 0) is 25.1 Å². The van der Waals surface area contributed by atoms with Crippen LogP contribution in [-0.2, 0) is 6.54 Å². The zero-order valence-corrected chi connectivity index (χ0v) is 11.6. The molecule has 3 rings (SSSR count). The Morgan fingerprint density at radius 2 is 2.25 bits per heavy atom. The van der Waals surface area contributed by atoms with E-state index < -0.39 is 0 Å². The summed E-state index contributed by atoms with van der Waals surface area (Å²) in [5.41, 5.74) is 3.12. The first-order chi connectivity index (χ1) is 9.88. The van der Waals surface area contributed by atoms with Crippen molar-refractivity contribution < 1.29 is 9.47 Å². The highest BCUT2D eigenvalue weighted by Crippen LogP contribution is 2.33. The zero-order chi connectivity index (χ0) is 13.8. The van der Waals surface area contributed by atoms with Gasteiger partial charge in [0.15, 0.2) is 0 Å². The predicted molar refractivity (Wildman–Crippen MR) is 78.0 cm³/mol. The van der Waals surface area contributed by atoms with Crippen molar-refractivity contribution in [1.82, 2.24) is 10.3 Å². The number of nitrogens with zero attached hydrogens (tertiary/aromatic N) is 1. The molecule has 4 heteroatoms. The summed E-state index contributed by atoms with van der Waals surface area (Å²) in [6, 6.07) is 10.1. The van der Waals surface area contributed by atoms with Crippen molar-refractivity contribution in [2.45, 2.75) is 13.5 Å². The van der Waals surface area contributed by atoms with E-state index in [1.54, 1.807) is 6.20 Å². The van der Waals surface area contributed by atoms with Crippen LogP contribution in [0.15, 0.2) is 36.5 Å². The van der Waals surface area contributed by atoms with E-state index in [-0.39, 0.29) is 0 Å². The van der Waals surface area contributed by atoms with Crippen LogP contribution in [0.4, 0.5) is 0 Å². The molecule has 2 aromatic rings. The highest BCUT2D eigenvalue weighted by molar-refractivity contribution is 5.69. The standard InChI is InChI=1S/C16H18N2O2/c1-2-19-13-6-7-15(18-11-13)14-5-3-4-12-10-17-8-9-20-16(12)14/h3-7,11,17H,2,8-10H2,1H3. The number of benzene rings is 1. The van der Waals surface area contributed by atoms with Crippen molar-refractivity contribution in [3.05, 3.63) is 42.1 Å². The maximum atomic E-state index is 5.88. The number of nitrogens with one attached hydrogen (secondary N) is 1. The normalized spacial score (nSPS) is 14.1. The predicted octanol–water partition coefficient (Wildman–Crippen LogP) is 2.63. The Labute approximate surface area is 118 Å². The van der Waals surface area contributed by atoms with E-state index in [1.165, 1.54) is 5.56 Å². The van der Waals surface area contributed by atoms with E-state index in [4.69, 9.17) is 9.47 Å². The molecule has 1 aliphatic rings. The summed E-state index contributed by atoms with van der Waals surface area (Å²) >= 11 is 0. The van der Waals surface area contributed by atoms with Gasteiger partial charge in [-0.3, -0.25) is 4.98 Å². The molecule has 20 heavy (non-hydrogen) atoms. The molecule has 0 bridgehead atoms. The number of para-hydroxylation sites is 1. The van der Waals surface area contributed by atoms with Gasteiger partial charge >= 0.3 is 0 Å². The monoisotopic (exact) mass is 270 g/mol. The molecule has 0 radical (unpaired) electrons. The number of fused-ring (bicyclic) bond motifs is 1. The molecule has 0 fully saturated rings. The molecule has 2 heterocycles. The van der Waals surface area contributed by atoms with Gasteiger partial charge in [0.25, 0.3) is 0 Å². The summed E-state index contributed by atoms with van der Waals surface area (Å²) in [6.07, 6.45) is 1.76. The lowest BCUT2D eigenvalue weighted by atomic mass is 10.1. The fourth-order valence-electron chi connectivity index (χ4n) is 2.34. The van der Waals surface area contributed by atoms with Gasteiger partial charge in [0.05, 0.1) is 18.5 Å². The van der Waals surface area contributed by atoms with Crippen LogP contribution < -0.4 is 14.8 Å². The van der Waals surface area contributed by atoms with Crippen LogP contribution in [0.25, 0.3) is 11.3 Å². The number of pyridine rings is 1. The van der Waals surface area contributed by atoms with Crippen LogP contribution in [0, 0.1) is 0 Å². The largest absolute Gasteiger partial charge is 0.492 e. The molecule has 0 amide bonds. The minimum absolute atomic E-state index is 0.649. The SMILES string of the molecule is CCOc1ccc(-c2cccc3c2OCCNC3)nc1. The summed E-state index contributed by atoms with van der Waals surface area (Å²) < 4.78 is 11.3. The lowest BCUT2D eigenvalue weighted by molar-refractivity contribution is 0.327. The molecule has 0 saturated heterocycles. The molecular weight excluding hydrogens is 252 g/mol. The Morgan fingerprint density at radius 1 is 1.30 bits per heavy atom. The molecule has 0 aliphatic carbocycles. The minimum atomic E-state index is 0.649.